The van der Waals surface area contributed by atoms with Gasteiger partial charge in [0.15, 0.2) is 21.3 Å². The molecule has 1 unspecified atom stereocenters. The van der Waals surface area contributed by atoms with Crippen molar-refractivity contribution in [2.24, 2.45) is 5.92 Å². The number of nitrogens with zero attached hydrogens (tertiary/aromatic N) is 1. The monoisotopic (exact) mass is 551 g/mol. The van der Waals surface area contributed by atoms with Crippen LogP contribution in [-0.2, 0) is 16.3 Å². The molecule has 0 radical (unpaired) electrons. The van der Waals surface area contributed by atoms with Gasteiger partial charge in [-0.05, 0) is 56.0 Å². The number of carbonyl (C=O) groups is 1. The Kier molecular flexibility index (Phi) is 8.71. The number of nitrogens with one attached hydrogen (secondary N) is 2. The van der Waals surface area contributed by atoms with E-state index in [1.54, 1.807) is 12.1 Å². The average molecular weight is 552 g/mol. The fraction of sp³-hybridized carbons (Fsp3) is 0.500. The lowest BCUT2D eigenvalue weighted by Crippen LogP contribution is -2.54. The molecule has 2 N–H and O–H groups in total. The summed E-state index contributed by atoms with van der Waals surface area (Å²) in [4.78, 5) is 15.1. The number of hydrogen-bond acceptors (Lipinski definition) is 7. The Morgan fingerprint density at radius 2 is 1.62 bits per heavy atom. The van der Waals surface area contributed by atoms with Crippen molar-refractivity contribution in [3.05, 3.63) is 47.0 Å². The number of halogens is 1. The van der Waals surface area contributed by atoms with Crippen LogP contribution in [-0.4, -0.2) is 77.4 Å². The third-order valence-electron chi connectivity index (χ3n) is 7.12. The van der Waals surface area contributed by atoms with E-state index in [0.29, 0.717) is 28.9 Å². The molecule has 2 atom stereocenters. The molecule has 0 aliphatic carbocycles. The molecule has 4 rings (SSSR count). The minimum Gasteiger partial charge on any atom is -0.493 e. The summed E-state index contributed by atoms with van der Waals surface area (Å²) in [6, 6.07) is 9.94. The third-order valence-corrected chi connectivity index (χ3v) is 9.09. The summed E-state index contributed by atoms with van der Waals surface area (Å²) in [5, 5.41) is 6.39. The Hall–Kier alpha value is -2.69. The number of benzene rings is 2. The first-order valence-electron chi connectivity index (χ1n) is 12.3. The lowest BCUT2D eigenvalue weighted by atomic mass is 9.89. The van der Waals surface area contributed by atoms with Crippen LogP contribution in [0.3, 0.4) is 0 Å². The third kappa shape index (κ3) is 6.80. The zero-order valence-corrected chi connectivity index (χ0v) is 22.9. The van der Waals surface area contributed by atoms with E-state index in [1.807, 2.05) is 12.1 Å². The maximum absolute atomic E-state index is 12.9. The summed E-state index contributed by atoms with van der Waals surface area (Å²) in [6.45, 7) is 1.59. The van der Waals surface area contributed by atoms with Crippen LogP contribution >= 0.6 is 11.6 Å². The highest BCUT2D eigenvalue weighted by atomic mass is 35.5. The van der Waals surface area contributed by atoms with Gasteiger partial charge >= 0.3 is 6.03 Å². The second-order valence-corrected chi connectivity index (χ2v) is 12.2. The van der Waals surface area contributed by atoms with E-state index in [4.69, 9.17) is 25.8 Å². The van der Waals surface area contributed by atoms with Gasteiger partial charge in [-0.15, -0.1) is 0 Å². The van der Waals surface area contributed by atoms with Gasteiger partial charge in [-0.25, -0.2) is 13.2 Å². The SMILES string of the molecule is COc1cc(NC(=O)NC2CS(=O)(=O)C[C@H]2N2CCC(Cc3ccc(Cl)cc3)CC2)cc(OC)c1OC. The molecule has 0 spiro atoms. The van der Waals surface area contributed by atoms with E-state index >= 15 is 0 Å². The van der Waals surface area contributed by atoms with Crippen LogP contribution in [0.5, 0.6) is 17.2 Å². The molecule has 0 bridgehead atoms. The molecule has 202 valence electrons. The Balaban J connectivity index is 1.38. The van der Waals surface area contributed by atoms with Crippen LogP contribution in [0.4, 0.5) is 10.5 Å². The number of rotatable bonds is 8. The van der Waals surface area contributed by atoms with E-state index in [-0.39, 0.29) is 17.5 Å². The molecule has 11 heteroatoms. The molecule has 9 nitrogen and oxygen atoms in total. The molecule has 37 heavy (non-hydrogen) atoms. The predicted octanol–water partition coefficient (Wildman–Crippen LogP) is 3.61. The van der Waals surface area contributed by atoms with Gasteiger partial charge in [0.25, 0.3) is 0 Å². The molecular formula is C26H34ClN3O6S. The van der Waals surface area contributed by atoms with Crippen molar-refractivity contribution in [3.8, 4) is 17.2 Å². The highest BCUT2D eigenvalue weighted by molar-refractivity contribution is 7.91. The number of piperidine rings is 1. The van der Waals surface area contributed by atoms with Crippen molar-refractivity contribution in [2.45, 2.75) is 31.3 Å². The second-order valence-electron chi connectivity index (χ2n) is 9.57. The fourth-order valence-corrected chi connectivity index (χ4v) is 7.34. The molecule has 0 aromatic heterocycles. The van der Waals surface area contributed by atoms with Gasteiger partial charge in [0, 0.05) is 23.2 Å². The van der Waals surface area contributed by atoms with Crippen LogP contribution in [0.25, 0.3) is 0 Å². The maximum Gasteiger partial charge on any atom is 0.319 e. The summed E-state index contributed by atoms with van der Waals surface area (Å²) < 4.78 is 41.1. The topological polar surface area (TPSA) is 106 Å². The number of sulfone groups is 1. The fourth-order valence-electron chi connectivity index (χ4n) is 5.26. The van der Waals surface area contributed by atoms with Gasteiger partial charge < -0.3 is 24.8 Å². The van der Waals surface area contributed by atoms with Gasteiger partial charge in [0.2, 0.25) is 5.75 Å². The van der Waals surface area contributed by atoms with E-state index < -0.39 is 21.9 Å². The number of ether oxygens (including phenoxy) is 3. The molecule has 2 aliphatic rings. The van der Waals surface area contributed by atoms with E-state index in [1.165, 1.54) is 26.9 Å². The summed E-state index contributed by atoms with van der Waals surface area (Å²) in [5.74, 6) is 1.72. The van der Waals surface area contributed by atoms with Crippen molar-refractivity contribution < 1.29 is 27.4 Å². The highest BCUT2D eigenvalue weighted by Crippen LogP contribution is 2.40. The van der Waals surface area contributed by atoms with Crippen molar-refractivity contribution in [2.75, 3.05) is 51.2 Å². The van der Waals surface area contributed by atoms with E-state index in [2.05, 4.69) is 27.7 Å². The van der Waals surface area contributed by atoms with E-state index in [0.717, 1.165) is 37.4 Å². The number of anilines is 1. The van der Waals surface area contributed by atoms with Gasteiger partial charge in [-0.3, -0.25) is 4.90 Å². The molecule has 0 saturated carbocycles. The number of likely N-dealkylation sites (tertiary alicyclic amines) is 1. The first kappa shape index (κ1) is 27.3. The van der Waals surface area contributed by atoms with Crippen LogP contribution in [0.1, 0.15) is 18.4 Å². The van der Waals surface area contributed by atoms with Gasteiger partial charge in [-0.1, -0.05) is 23.7 Å². The Morgan fingerprint density at radius 3 is 2.19 bits per heavy atom. The summed E-state index contributed by atoms with van der Waals surface area (Å²) in [6.07, 6.45) is 2.93. The molecule has 2 aromatic carbocycles. The van der Waals surface area contributed by atoms with Crippen LogP contribution in [0.2, 0.25) is 5.02 Å². The molecular weight excluding hydrogens is 518 g/mol. The minimum atomic E-state index is -3.26. The summed E-state index contributed by atoms with van der Waals surface area (Å²) in [5.41, 5.74) is 1.70. The Morgan fingerprint density at radius 1 is 1.00 bits per heavy atom. The second kappa shape index (κ2) is 11.8. The number of amides is 2. The van der Waals surface area contributed by atoms with E-state index in [9.17, 15) is 13.2 Å². The average Bonchev–Trinajstić information content (AvgIpc) is 3.18. The predicted molar refractivity (Wildman–Crippen MR) is 144 cm³/mol. The summed E-state index contributed by atoms with van der Waals surface area (Å²) in [7, 11) is 1.23. The van der Waals surface area contributed by atoms with Crippen molar-refractivity contribution in [1.29, 1.82) is 0 Å². The molecule has 2 aromatic rings. The number of hydrogen-bond donors (Lipinski definition) is 2. The number of urea groups is 1. The van der Waals surface area contributed by atoms with Crippen molar-refractivity contribution >= 4 is 33.2 Å². The molecule has 2 fully saturated rings. The quantitative estimate of drug-likeness (QED) is 0.516. The normalized spacial score (nSPS) is 21.8. The number of methoxy groups -OCH3 is 3. The first-order chi connectivity index (χ1) is 17.7. The minimum absolute atomic E-state index is 0.0456. The van der Waals surface area contributed by atoms with Crippen molar-refractivity contribution in [1.82, 2.24) is 10.2 Å². The lowest BCUT2D eigenvalue weighted by Gasteiger charge is -2.38. The van der Waals surface area contributed by atoms with Crippen molar-refractivity contribution in [3.63, 3.8) is 0 Å². The molecule has 2 aliphatic heterocycles. The first-order valence-corrected chi connectivity index (χ1v) is 14.5. The zero-order chi connectivity index (χ0) is 26.6. The largest absolute Gasteiger partial charge is 0.493 e. The zero-order valence-electron chi connectivity index (χ0n) is 21.3. The maximum atomic E-state index is 12.9. The van der Waals surface area contributed by atoms with Gasteiger partial charge in [0.1, 0.15) is 0 Å². The highest BCUT2D eigenvalue weighted by Gasteiger charge is 2.42. The molecule has 2 saturated heterocycles. The number of carbonyl (C=O) groups excluding carboxylic acids is 1. The Bertz CT molecular complexity index is 1170. The van der Waals surface area contributed by atoms with Crippen LogP contribution in [0.15, 0.2) is 36.4 Å². The molecule has 2 heterocycles. The van der Waals surface area contributed by atoms with Crippen LogP contribution in [0, 0.1) is 5.92 Å². The Labute approximate surface area is 223 Å². The smallest absolute Gasteiger partial charge is 0.319 e. The summed E-state index contributed by atoms with van der Waals surface area (Å²) >= 11 is 6.00. The van der Waals surface area contributed by atoms with Gasteiger partial charge in [0.05, 0.1) is 44.6 Å². The van der Waals surface area contributed by atoms with Gasteiger partial charge in [-0.2, -0.15) is 0 Å². The molecule has 2 amide bonds. The lowest BCUT2D eigenvalue weighted by molar-refractivity contribution is 0.128. The van der Waals surface area contributed by atoms with Crippen LogP contribution < -0.4 is 24.8 Å². The standard InChI is InChI=1S/C26H34ClN3O6S/c1-34-23-13-20(14-24(35-2)25(23)36-3)28-26(31)29-21-15-37(32,33)16-22(21)30-10-8-18(9-11-30)12-17-4-6-19(27)7-5-17/h4-7,13-14,18,21-22H,8-12,15-16H2,1-3H3,(H2,28,29,31)/t21?,22-/m1/s1.